The van der Waals surface area contributed by atoms with Gasteiger partial charge in [0.25, 0.3) is 0 Å². The predicted octanol–water partition coefficient (Wildman–Crippen LogP) is 3.62. The fourth-order valence-electron chi connectivity index (χ4n) is 3.86. The molecule has 1 saturated heterocycles. The third-order valence-electron chi connectivity index (χ3n) is 5.37. The summed E-state index contributed by atoms with van der Waals surface area (Å²) in [5, 5.41) is 4.39. The van der Waals surface area contributed by atoms with Crippen molar-refractivity contribution in [2.24, 2.45) is 0 Å². The third-order valence-corrected chi connectivity index (χ3v) is 5.37. The number of hydrogen-bond acceptors (Lipinski definition) is 4. The number of aromatic nitrogens is 3. The highest BCUT2D eigenvalue weighted by atomic mass is 19.1. The maximum absolute atomic E-state index is 13.1. The molecule has 3 heterocycles. The first-order valence-electron chi connectivity index (χ1n) is 9.96. The second-order valence-electron chi connectivity index (χ2n) is 7.73. The van der Waals surface area contributed by atoms with Crippen molar-refractivity contribution in [1.82, 2.24) is 19.7 Å². The second kappa shape index (κ2) is 8.19. The Morgan fingerprint density at radius 3 is 2.79 bits per heavy atom. The summed E-state index contributed by atoms with van der Waals surface area (Å²) in [6.45, 7) is 5.50. The highest BCUT2D eigenvalue weighted by Gasteiger charge is 2.28. The number of piperidine rings is 1. The van der Waals surface area contributed by atoms with Crippen molar-refractivity contribution in [1.29, 1.82) is 0 Å². The van der Waals surface area contributed by atoms with E-state index >= 15 is 0 Å². The molecule has 1 aromatic carbocycles. The number of nitrogens with zero attached hydrogens (tertiary/aromatic N) is 4. The average molecular weight is 396 g/mol. The molecule has 7 heteroatoms. The molecule has 0 N–H and O–H groups in total. The van der Waals surface area contributed by atoms with E-state index in [1.54, 1.807) is 23.0 Å². The van der Waals surface area contributed by atoms with Crippen LogP contribution in [0.3, 0.4) is 0 Å². The highest BCUT2D eigenvalue weighted by molar-refractivity contribution is 5.76. The van der Waals surface area contributed by atoms with Crippen molar-refractivity contribution >= 4 is 5.91 Å². The van der Waals surface area contributed by atoms with Gasteiger partial charge in [-0.15, -0.1) is 0 Å². The molecule has 29 heavy (non-hydrogen) atoms. The Morgan fingerprint density at radius 1 is 1.28 bits per heavy atom. The van der Waals surface area contributed by atoms with E-state index in [4.69, 9.17) is 4.42 Å². The molecule has 0 aliphatic carbocycles. The standard InChI is InChI=1S/C22H25FN4O2/c1-15-10-16(2)27(25-15)14-21(28)26-9-3-4-18(13-26)22-24-12-20(29-22)11-17-5-7-19(23)8-6-17/h5-8,10,12,18H,3-4,9,11,13-14H2,1-2H3/t18-/m1/s1. The van der Waals surface area contributed by atoms with E-state index in [0.29, 0.717) is 18.9 Å². The number of likely N-dealkylation sites (tertiary alicyclic amines) is 1. The second-order valence-corrected chi connectivity index (χ2v) is 7.73. The van der Waals surface area contributed by atoms with Gasteiger partial charge in [-0.05, 0) is 50.5 Å². The molecule has 1 aliphatic rings. The fourth-order valence-corrected chi connectivity index (χ4v) is 3.86. The summed E-state index contributed by atoms with van der Waals surface area (Å²) in [5.74, 6) is 1.33. The van der Waals surface area contributed by atoms with Gasteiger partial charge in [0.2, 0.25) is 5.91 Å². The Hall–Kier alpha value is -2.96. The smallest absolute Gasteiger partial charge is 0.244 e. The molecule has 1 atom stereocenters. The Kier molecular flexibility index (Phi) is 5.47. The van der Waals surface area contributed by atoms with Crippen LogP contribution in [0.1, 0.15) is 47.4 Å². The number of aryl methyl sites for hydroxylation is 2. The molecule has 1 fully saturated rings. The van der Waals surface area contributed by atoms with E-state index in [2.05, 4.69) is 10.1 Å². The highest BCUT2D eigenvalue weighted by Crippen LogP contribution is 2.27. The lowest BCUT2D eigenvalue weighted by Crippen LogP contribution is -2.41. The van der Waals surface area contributed by atoms with Gasteiger partial charge in [-0.1, -0.05) is 12.1 Å². The number of carbonyl (C=O) groups excluding carboxylic acids is 1. The Labute approximate surface area is 169 Å². The summed E-state index contributed by atoms with van der Waals surface area (Å²) in [7, 11) is 0. The van der Waals surface area contributed by atoms with Crippen LogP contribution in [0, 0.1) is 19.7 Å². The molecule has 0 saturated carbocycles. The molecule has 1 amide bonds. The van der Waals surface area contributed by atoms with Crippen molar-refractivity contribution in [2.75, 3.05) is 13.1 Å². The molecule has 0 radical (unpaired) electrons. The number of benzene rings is 1. The molecular formula is C22H25FN4O2. The van der Waals surface area contributed by atoms with Gasteiger partial charge in [0.1, 0.15) is 18.1 Å². The zero-order valence-electron chi connectivity index (χ0n) is 16.8. The van der Waals surface area contributed by atoms with Gasteiger partial charge in [0.15, 0.2) is 5.89 Å². The maximum Gasteiger partial charge on any atom is 0.244 e. The average Bonchev–Trinajstić information content (AvgIpc) is 3.30. The predicted molar refractivity (Wildman–Crippen MR) is 106 cm³/mol. The van der Waals surface area contributed by atoms with Crippen molar-refractivity contribution in [2.45, 2.75) is 45.6 Å². The van der Waals surface area contributed by atoms with Gasteiger partial charge in [-0.25, -0.2) is 9.37 Å². The van der Waals surface area contributed by atoms with Crippen molar-refractivity contribution in [3.63, 3.8) is 0 Å². The van der Waals surface area contributed by atoms with Gasteiger partial charge in [0.05, 0.1) is 17.8 Å². The quantitative estimate of drug-likeness (QED) is 0.661. The van der Waals surface area contributed by atoms with Crippen LogP contribution in [0.2, 0.25) is 0 Å². The van der Waals surface area contributed by atoms with Crippen LogP contribution in [-0.2, 0) is 17.8 Å². The number of carbonyl (C=O) groups is 1. The fraction of sp³-hybridized carbons (Fsp3) is 0.409. The lowest BCUT2D eigenvalue weighted by molar-refractivity contribution is -0.133. The number of amides is 1. The summed E-state index contributed by atoms with van der Waals surface area (Å²) < 4.78 is 20.8. The van der Waals surface area contributed by atoms with Gasteiger partial charge in [0, 0.05) is 25.2 Å². The van der Waals surface area contributed by atoms with Crippen LogP contribution in [0.4, 0.5) is 4.39 Å². The molecule has 152 valence electrons. The first kappa shape index (κ1) is 19.4. The largest absolute Gasteiger partial charge is 0.445 e. The molecule has 0 spiro atoms. The van der Waals surface area contributed by atoms with Crippen LogP contribution in [0.25, 0.3) is 0 Å². The number of oxazole rings is 1. The zero-order chi connectivity index (χ0) is 20.4. The van der Waals surface area contributed by atoms with Gasteiger partial charge in [-0.3, -0.25) is 9.48 Å². The molecule has 3 aromatic rings. The topological polar surface area (TPSA) is 64.2 Å². The summed E-state index contributed by atoms with van der Waals surface area (Å²) in [6.07, 6.45) is 4.17. The maximum atomic E-state index is 13.1. The molecule has 1 aliphatic heterocycles. The third kappa shape index (κ3) is 4.55. The minimum Gasteiger partial charge on any atom is -0.445 e. The van der Waals surface area contributed by atoms with Crippen molar-refractivity contribution in [3.05, 3.63) is 70.9 Å². The normalized spacial score (nSPS) is 16.9. The van der Waals surface area contributed by atoms with Crippen LogP contribution >= 0.6 is 0 Å². The summed E-state index contributed by atoms with van der Waals surface area (Å²) in [6, 6.07) is 8.36. The summed E-state index contributed by atoms with van der Waals surface area (Å²) >= 11 is 0. The van der Waals surface area contributed by atoms with Gasteiger partial charge < -0.3 is 9.32 Å². The lowest BCUT2D eigenvalue weighted by atomic mass is 9.98. The van der Waals surface area contributed by atoms with E-state index < -0.39 is 0 Å². The Morgan fingerprint density at radius 2 is 2.07 bits per heavy atom. The number of halogens is 1. The Bertz CT molecular complexity index is 993. The minimum absolute atomic E-state index is 0.0685. The van der Waals surface area contributed by atoms with Crippen LogP contribution < -0.4 is 0 Å². The van der Waals surface area contributed by atoms with Crippen LogP contribution in [0.15, 0.2) is 40.9 Å². The van der Waals surface area contributed by atoms with Crippen LogP contribution in [0.5, 0.6) is 0 Å². The van der Waals surface area contributed by atoms with E-state index in [1.165, 1.54) is 12.1 Å². The summed E-state index contributed by atoms with van der Waals surface area (Å²) in [5.41, 5.74) is 2.88. The van der Waals surface area contributed by atoms with E-state index in [9.17, 15) is 9.18 Å². The number of rotatable bonds is 5. The molecular weight excluding hydrogens is 371 g/mol. The molecule has 0 unspecified atom stereocenters. The molecule has 0 bridgehead atoms. The molecule has 2 aromatic heterocycles. The molecule has 4 rings (SSSR count). The molecule has 6 nitrogen and oxygen atoms in total. The zero-order valence-corrected chi connectivity index (χ0v) is 16.8. The first-order chi connectivity index (χ1) is 14.0. The first-order valence-corrected chi connectivity index (χ1v) is 9.96. The minimum atomic E-state index is -0.251. The van der Waals surface area contributed by atoms with E-state index in [-0.39, 0.29) is 24.2 Å². The SMILES string of the molecule is Cc1cc(C)n(CC(=O)N2CCC[C@@H](c3ncc(Cc4ccc(F)cc4)o3)C2)n1. The summed E-state index contributed by atoms with van der Waals surface area (Å²) in [4.78, 5) is 19.1. The van der Waals surface area contributed by atoms with Crippen LogP contribution in [-0.4, -0.2) is 38.7 Å². The van der Waals surface area contributed by atoms with E-state index in [0.717, 1.165) is 42.1 Å². The monoisotopic (exact) mass is 396 g/mol. The number of hydrogen-bond donors (Lipinski definition) is 0. The lowest BCUT2D eigenvalue weighted by Gasteiger charge is -2.31. The van der Waals surface area contributed by atoms with Gasteiger partial charge >= 0.3 is 0 Å². The Balaban J connectivity index is 1.39. The van der Waals surface area contributed by atoms with E-state index in [1.807, 2.05) is 24.8 Å². The van der Waals surface area contributed by atoms with Crippen molar-refractivity contribution < 1.29 is 13.6 Å². The van der Waals surface area contributed by atoms with Crippen molar-refractivity contribution in [3.8, 4) is 0 Å². The van der Waals surface area contributed by atoms with Gasteiger partial charge in [-0.2, -0.15) is 5.10 Å².